The van der Waals surface area contributed by atoms with Crippen LogP contribution < -0.4 is 0 Å². The van der Waals surface area contributed by atoms with E-state index in [4.69, 9.17) is 0 Å². The average Bonchev–Trinajstić information content (AvgIpc) is 3.16. The fourth-order valence-electron chi connectivity index (χ4n) is 2.99. The first-order valence-corrected chi connectivity index (χ1v) is 9.03. The van der Waals surface area contributed by atoms with Gasteiger partial charge in [0.15, 0.2) is 0 Å². The van der Waals surface area contributed by atoms with Crippen LogP contribution in [0.25, 0.3) is 17.1 Å². The summed E-state index contributed by atoms with van der Waals surface area (Å²) in [6.07, 6.45) is 3.99. The molecule has 3 heteroatoms. The van der Waals surface area contributed by atoms with Crippen LogP contribution in [0, 0.1) is 0 Å². The molecule has 0 bridgehead atoms. The number of nitrogens with zero attached hydrogens (tertiary/aromatic N) is 2. The summed E-state index contributed by atoms with van der Waals surface area (Å²) in [7, 11) is 0. The zero-order chi connectivity index (χ0) is 16.6. The summed E-state index contributed by atoms with van der Waals surface area (Å²) in [6.45, 7) is 11.3. The van der Waals surface area contributed by atoms with Gasteiger partial charge in [-0.15, -0.1) is 0 Å². The minimum Gasteiger partial charge on any atom is -0.299 e. The third-order valence-corrected chi connectivity index (χ3v) is 4.84. The monoisotopic (exact) mass is 324 g/mol. The number of hydrogen-bond donors (Lipinski definition) is 0. The number of aromatic nitrogens is 2. The zero-order valence-corrected chi connectivity index (χ0v) is 15.3. The number of para-hydroxylation sites is 1. The average molecular weight is 324 g/mol. The van der Waals surface area contributed by atoms with Crippen molar-refractivity contribution in [1.82, 2.24) is 9.55 Å². The molecule has 1 aromatic carbocycles. The Morgan fingerprint density at radius 2 is 1.91 bits per heavy atom. The molecule has 0 saturated heterocycles. The molecule has 2 aromatic heterocycles. The molecule has 23 heavy (non-hydrogen) atoms. The maximum Gasteiger partial charge on any atom is 0.145 e. The Bertz CT molecular complexity index is 789. The lowest BCUT2D eigenvalue weighted by atomic mass is 9.82. The van der Waals surface area contributed by atoms with Gasteiger partial charge in [0.05, 0.1) is 5.69 Å². The molecule has 2 heterocycles. The van der Waals surface area contributed by atoms with E-state index in [1.807, 2.05) is 6.20 Å². The Hall–Kier alpha value is -1.87. The highest BCUT2D eigenvalue weighted by Gasteiger charge is 2.23. The second-order valence-electron chi connectivity index (χ2n) is 7.28. The van der Waals surface area contributed by atoms with Crippen molar-refractivity contribution < 1.29 is 0 Å². The molecule has 0 N–H and O–H groups in total. The van der Waals surface area contributed by atoms with E-state index in [-0.39, 0.29) is 5.41 Å². The fourth-order valence-corrected chi connectivity index (χ4v) is 3.62. The maximum absolute atomic E-state index is 4.63. The highest BCUT2D eigenvalue weighted by atomic mass is 32.1. The van der Waals surface area contributed by atoms with Crippen LogP contribution in [0.5, 0.6) is 0 Å². The van der Waals surface area contributed by atoms with Gasteiger partial charge < -0.3 is 0 Å². The number of rotatable bonds is 3. The van der Waals surface area contributed by atoms with Gasteiger partial charge in [0, 0.05) is 23.3 Å². The molecule has 3 rings (SSSR count). The van der Waals surface area contributed by atoms with Crippen LogP contribution in [0.3, 0.4) is 0 Å². The number of imidazole rings is 1. The van der Waals surface area contributed by atoms with Gasteiger partial charge in [-0.3, -0.25) is 4.57 Å². The molecule has 0 unspecified atom stereocenters. The van der Waals surface area contributed by atoms with Crippen LogP contribution in [-0.4, -0.2) is 9.55 Å². The normalized spacial score (nSPS) is 12.1. The molecule has 0 radical (unpaired) electrons. The first-order chi connectivity index (χ1) is 10.9. The third kappa shape index (κ3) is 2.98. The molecule has 120 valence electrons. The zero-order valence-electron chi connectivity index (χ0n) is 14.5. The summed E-state index contributed by atoms with van der Waals surface area (Å²) >= 11 is 1.71. The summed E-state index contributed by atoms with van der Waals surface area (Å²) in [5.74, 6) is 1.48. The Morgan fingerprint density at radius 1 is 1.13 bits per heavy atom. The molecular weight excluding hydrogens is 300 g/mol. The molecule has 0 aliphatic heterocycles. The lowest BCUT2D eigenvalue weighted by Gasteiger charge is -2.27. The largest absolute Gasteiger partial charge is 0.299 e. The molecule has 0 aliphatic rings. The van der Waals surface area contributed by atoms with Crippen LogP contribution in [0.1, 0.15) is 51.7 Å². The van der Waals surface area contributed by atoms with Gasteiger partial charge in [-0.2, -0.15) is 11.3 Å². The number of hydrogen-bond acceptors (Lipinski definition) is 2. The van der Waals surface area contributed by atoms with Crippen molar-refractivity contribution in [2.24, 2.45) is 0 Å². The van der Waals surface area contributed by atoms with E-state index in [1.54, 1.807) is 11.3 Å². The van der Waals surface area contributed by atoms with Gasteiger partial charge in [0.1, 0.15) is 5.82 Å². The van der Waals surface area contributed by atoms with E-state index in [1.165, 1.54) is 22.4 Å². The van der Waals surface area contributed by atoms with E-state index in [2.05, 4.69) is 85.4 Å². The van der Waals surface area contributed by atoms with Crippen molar-refractivity contribution in [3.05, 3.63) is 58.5 Å². The van der Waals surface area contributed by atoms with E-state index >= 15 is 0 Å². The quantitative estimate of drug-likeness (QED) is 0.576. The number of benzene rings is 1. The summed E-state index contributed by atoms with van der Waals surface area (Å²) < 4.78 is 2.26. The van der Waals surface area contributed by atoms with Crippen LogP contribution in [0.15, 0.2) is 47.4 Å². The number of thiophene rings is 1. The van der Waals surface area contributed by atoms with Crippen molar-refractivity contribution in [2.45, 2.75) is 46.0 Å². The second kappa shape index (κ2) is 5.97. The van der Waals surface area contributed by atoms with Gasteiger partial charge >= 0.3 is 0 Å². The SMILES string of the molecule is CC(C)c1cccc(C(C)(C)C)c1-n1ccnc1-c1ccsc1. The maximum atomic E-state index is 4.63. The highest BCUT2D eigenvalue weighted by Crippen LogP contribution is 2.36. The van der Waals surface area contributed by atoms with Gasteiger partial charge in [-0.25, -0.2) is 4.98 Å². The van der Waals surface area contributed by atoms with Gasteiger partial charge in [-0.1, -0.05) is 52.8 Å². The molecule has 0 atom stereocenters. The lowest BCUT2D eigenvalue weighted by molar-refractivity contribution is 0.584. The Kier molecular flexibility index (Phi) is 4.15. The molecule has 3 aromatic rings. The Morgan fingerprint density at radius 3 is 2.52 bits per heavy atom. The van der Waals surface area contributed by atoms with E-state index in [0.717, 1.165) is 5.82 Å². The van der Waals surface area contributed by atoms with Crippen LogP contribution in [0.4, 0.5) is 0 Å². The second-order valence-corrected chi connectivity index (χ2v) is 8.06. The van der Waals surface area contributed by atoms with E-state index < -0.39 is 0 Å². The molecule has 0 spiro atoms. The van der Waals surface area contributed by atoms with Crippen LogP contribution in [-0.2, 0) is 5.41 Å². The minimum absolute atomic E-state index is 0.0798. The van der Waals surface area contributed by atoms with E-state index in [9.17, 15) is 0 Å². The molecule has 0 aliphatic carbocycles. The van der Waals surface area contributed by atoms with Crippen molar-refractivity contribution in [3.63, 3.8) is 0 Å². The highest BCUT2D eigenvalue weighted by molar-refractivity contribution is 7.08. The molecule has 0 saturated carbocycles. The fraction of sp³-hybridized carbons (Fsp3) is 0.350. The van der Waals surface area contributed by atoms with Crippen molar-refractivity contribution in [3.8, 4) is 17.1 Å². The minimum atomic E-state index is 0.0798. The van der Waals surface area contributed by atoms with Crippen molar-refractivity contribution in [1.29, 1.82) is 0 Å². The van der Waals surface area contributed by atoms with Gasteiger partial charge in [0.2, 0.25) is 0 Å². The predicted molar refractivity (Wildman–Crippen MR) is 99.7 cm³/mol. The molecule has 2 nitrogen and oxygen atoms in total. The summed E-state index contributed by atoms with van der Waals surface area (Å²) in [4.78, 5) is 4.63. The summed E-state index contributed by atoms with van der Waals surface area (Å²) in [5, 5.41) is 4.26. The van der Waals surface area contributed by atoms with Crippen LogP contribution >= 0.6 is 11.3 Å². The van der Waals surface area contributed by atoms with Crippen molar-refractivity contribution >= 4 is 11.3 Å². The van der Waals surface area contributed by atoms with E-state index in [0.29, 0.717) is 5.92 Å². The molecular formula is C20H24N2S. The lowest BCUT2D eigenvalue weighted by Crippen LogP contribution is -2.17. The predicted octanol–water partition coefficient (Wildman–Crippen LogP) is 6.02. The van der Waals surface area contributed by atoms with Gasteiger partial charge in [0.25, 0.3) is 0 Å². The standard InChI is InChI=1S/C20H24N2S/c1-14(2)16-7-6-8-17(20(3,4)5)18(16)22-11-10-21-19(22)15-9-12-23-13-15/h6-14H,1-5H3. The Labute approximate surface area is 142 Å². The third-order valence-electron chi connectivity index (χ3n) is 4.16. The topological polar surface area (TPSA) is 17.8 Å². The summed E-state index contributed by atoms with van der Waals surface area (Å²) in [5.41, 5.74) is 5.27. The van der Waals surface area contributed by atoms with Crippen molar-refractivity contribution in [2.75, 3.05) is 0 Å². The van der Waals surface area contributed by atoms with Gasteiger partial charge in [-0.05, 0) is 33.9 Å². The molecule has 0 fully saturated rings. The van der Waals surface area contributed by atoms with Crippen LogP contribution in [0.2, 0.25) is 0 Å². The first kappa shape index (κ1) is 16.0. The summed E-state index contributed by atoms with van der Waals surface area (Å²) in [6, 6.07) is 8.81. The smallest absolute Gasteiger partial charge is 0.145 e. The Balaban J connectivity index is 2.30. The molecule has 0 amide bonds. The first-order valence-electron chi connectivity index (χ1n) is 8.09.